The lowest BCUT2D eigenvalue weighted by Gasteiger charge is -2.19. The first kappa shape index (κ1) is 11.6. The van der Waals surface area contributed by atoms with Gasteiger partial charge in [-0.25, -0.2) is 4.79 Å². The molecule has 1 amide bonds. The highest BCUT2D eigenvalue weighted by atomic mass is 16.5. The third-order valence-electron chi connectivity index (χ3n) is 2.77. The highest BCUT2D eigenvalue weighted by Crippen LogP contribution is 2.21. The first-order valence-electron chi connectivity index (χ1n) is 5.14. The molecule has 1 saturated heterocycles. The number of carboxylic acid groups (broad SMARTS) is 1. The lowest BCUT2D eigenvalue weighted by atomic mass is 10.2. The van der Waals surface area contributed by atoms with E-state index in [0.717, 1.165) is 4.90 Å². The van der Waals surface area contributed by atoms with Crippen LogP contribution in [-0.2, 0) is 4.79 Å². The van der Waals surface area contributed by atoms with Gasteiger partial charge >= 0.3 is 5.97 Å². The molecule has 2 heterocycles. The summed E-state index contributed by atoms with van der Waals surface area (Å²) in [5, 5.41) is 21.9. The van der Waals surface area contributed by atoms with Crippen LogP contribution in [0.25, 0.3) is 0 Å². The molecule has 0 spiro atoms. The molecule has 1 aliphatic heterocycles. The number of aromatic nitrogens is 1. The number of likely N-dealkylation sites (tertiary alicyclic amines) is 1. The molecule has 0 aliphatic carbocycles. The number of aliphatic carboxylic acids is 1. The second-order valence-electron chi connectivity index (χ2n) is 4.04. The molecule has 92 valence electrons. The third kappa shape index (κ3) is 2.01. The number of hydrogen-bond acceptors (Lipinski definition) is 5. The van der Waals surface area contributed by atoms with Crippen molar-refractivity contribution in [1.29, 1.82) is 0 Å². The zero-order chi connectivity index (χ0) is 12.6. The van der Waals surface area contributed by atoms with Gasteiger partial charge in [-0.2, -0.15) is 0 Å². The maximum atomic E-state index is 12.0. The Balaban J connectivity index is 2.25. The summed E-state index contributed by atoms with van der Waals surface area (Å²) in [6.07, 6.45) is 0.604. The van der Waals surface area contributed by atoms with Gasteiger partial charge in [0.1, 0.15) is 6.04 Å². The second-order valence-corrected chi connectivity index (χ2v) is 4.04. The molecule has 0 aromatic carbocycles. The van der Waals surface area contributed by atoms with E-state index in [1.807, 2.05) is 0 Å². The topological polar surface area (TPSA) is 104 Å². The van der Waals surface area contributed by atoms with Crippen LogP contribution in [0, 0.1) is 6.92 Å². The van der Waals surface area contributed by atoms with Crippen molar-refractivity contribution in [3.63, 3.8) is 0 Å². The molecule has 2 N–H and O–H groups in total. The predicted octanol–water partition coefficient (Wildman–Crippen LogP) is -0.357. The number of aliphatic hydroxyl groups excluding tert-OH is 1. The van der Waals surface area contributed by atoms with Gasteiger partial charge in [-0.1, -0.05) is 5.16 Å². The average Bonchev–Trinajstić information content (AvgIpc) is 2.83. The number of hydrogen-bond donors (Lipinski definition) is 2. The van der Waals surface area contributed by atoms with E-state index < -0.39 is 24.0 Å². The Bertz CT molecular complexity index is 455. The van der Waals surface area contributed by atoms with Crippen molar-refractivity contribution in [3.05, 3.63) is 17.5 Å². The van der Waals surface area contributed by atoms with Gasteiger partial charge in [-0.3, -0.25) is 4.79 Å². The molecule has 17 heavy (non-hydrogen) atoms. The van der Waals surface area contributed by atoms with Crippen molar-refractivity contribution in [2.24, 2.45) is 0 Å². The molecular formula is C10H12N2O5. The molecule has 0 bridgehead atoms. The van der Waals surface area contributed by atoms with E-state index >= 15 is 0 Å². The smallest absolute Gasteiger partial charge is 0.326 e. The summed E-state index contributed by atoms with van der Waals surface area (Å²) in [4.78, 5) is 24.1. The molecule has 2 rings (SSSR count). The number of aryl methyl sites for hydroxylation is 1. The van der Waals surface area contributed by atoms with Crippen LogP contribution in [0.5, 0.6) is 0 Å². The van der Waals surface area contributed by atoms with Gasteiger partial charge in [-0.15, -0.1) is 0 Å². The fourth-order valence-electron chi connectivity index (χ4n) is 1.90. The summed E-state index contributed by atoms with van der Waals surface area (Å²) in [6.45, 7) is 1.64. The molecule has 0 saturated carbocycles. The van der Waals surface area contributed by atoms with Crippen molar-refractivity contribution >= 4 is 11.9 Å². The summed E-state index contributed by atoms with van der Waals surface area (Å²) >= 11 is 0. The van der Waals surface area contributed by atoms with E-state index in [1.54, 1.807) is 6.92 Å². The van der Waals surface area contributed by atoms with Gasteiger partial charge in [0, 0.05) is 18.5 Å². The standard InChI is InChI=1S/C10H12N2O5/c1-5-3-11-17-8(5)9(14)12-4-6(13)2-7(12)10(15)16/h3,6-7,13H,2,4H2,1H3,(H,15,16)/t6-,7-/m1/s1. The fraction of sp³-hybridized carbons (Fsp3) is 0.500. The molecule has 1 aromatic rings. The maximum absolute atomic E-state index is 12.0. The molecule has 1 fully saturated rings. The van der Waals surface area contributed by atoms with E-state index in [1.165, 1.54) is 6.20 Å². The van der Waals surface area contributed by atoms with Gasteiger partial charge in [0.2, 0.25) is 5.76 Å². The number of nitrogens with zero attached hydrogens (tertiary/aromatic N) is 2. The molecule has 0 unspecified atom stereocenters. The second kappa shape index (κ2) is 4.17. The number of amides is 1. The Morgan fingerprint density at radius 3 is 2.82 bits per heavy atom. The molecule has 2 atom stereocenters. The quantitative estimate of drug-likeness (QED) is 0.731. The lowest BCUT2D eigenvalue weighted by Crippen LogP contribution is -2.40. The van der Waals surface area contributed by atoms with Gasteiger partial charge in [-0.05, 0) is 6.92 Å². The van der Waals surface area contributed by atoms with Crippen molar-refractivity contribution < 1.29 is 24.3 Å². The molecule has 1 aromatic heterocycles. The number of carboxylic acids is 1. The Labute approximate surface area is 96.6 Å². The minimum Gasteiger partial charge on any atom is -0.480 e. The third-order valence-corrected chi connectivity index (χ3v) is 2.77. The van der Waals surface area contributed by atoms with Gasteiger partial charge in [0.25, 0.3) is 5.91 Å². The minimum absolute atomic E-state index is 0.00403. The maximum Gasteiger partial charge on any atom is 0.326 e. The predicted molar refractivity (Wildman–Crippen MR) is 54.3 cm³/mol. The minimum atomic E-state index is -1.13. The van der Waals surface area contributed by atoms with Crippen LogP contribution in [0.3, 0.4) is 0 Å². The van der Waals surface area contributed by atoms with Crippen LogP contribution in [-0.4, -0.2) is 50.8 Å². The van der Waals surface area contributed by atoms with E-state index in [4.69, 9.17) is 9.63 Å². The van der Waals surface area contributed by atoms with Crippen LogP contribution in [0.1, 0.15) is 22.5 Å². The van der Waals surface area contributed by atoms with E-state index in [0.29, 0.717) is 5.56 Å². The Kier molecular flexibility index (Phi) is 2.84. The van der Waals surface area contributed by atoms with E-state index in [9.17, 15) is 14.7 Å². The van der Waals surface area contributed by atoms with E-state index in [-0.39, 0.29) is 18.7 Å². The molecule has 0 radical (unpaired) electrons. The normalized spacial score (nSPS) is 24.0. The van der Waals surface area contributed by atoms with Crippen LogP contribution in [0.4, 0.5) is 0 Å². The summed E-state index contributed by atoms with van der Waals surface area (Å²) in [7, 11) is 0. The SMILES string of the molecule is Cc1cnoc1C(=O)N1C[C@H](O)C[C@@H]1C(=O)O. The zero-order valence-corrected chi connectivity index (χ0v) is 9.16. The van der Waals surface area contributed by atoms with Gasteiger partial charge in [0.05, 0.1) is 12.3 Å². The summed E-state index contributed by atoms with van der Waals surface area (Å²) in [5.74, 6) is -1.67. The van der Waals surface area contributed by atoms with Crippen molar-refractivity contribution in [2.75, 3.05) is 6.54 Å². The fourth-order valence-corrected chi connectivity index (χ4v) is 1.90. The highest BCUT2D eigenvalue weighted by Gasteiger charge is 2.40. The number of carbonyl (C=O) groups excluding carboxylic acids is 1. The van der Waals surface area contributed by atoms with Crippen molar-refractivity contribution in [3.8, 4) is 0 Å². The highest BCUT2D eigenvalue weighted by molar-refractivity contribution is 5.95. The van der Waals surface area contributed by atoms with Crippen LogP contribution in [0.15, 0.2) is 10.7 Å². The summed E-state index contributed by atoms with van der Waals surface area (Å²) in [5.41, 5.74) is 0.542. The van der Waals surface area contributed by atoms with Crippen LogP contribution in [0.2, 0.25) is 0 Å². The molecule has 1 aliphatic rings. The first-order valence-corrected chi connectivity index (χ1v) is 5.14. The number of β-amino-alcohol motifs (C(OH)–C–C–N with tert-alkyl or cyclic N) is 1. The van der Waals surface area contributed by atoms with Crippen LogP contribution >= 0.6 is 0 Å². The lowest BCUT2D eigenvalue weighted by molar-refractivity contribution is -0.141. The number of carbonyl (C=O) groups is 2. The number of aliphatic hydroxyl groups is 1. The van der Waals surface area contributed by atoms with Gasteiger partial charge in [0.15, 0.2) is 0 Å². The zero-order valence-electron chi connectivity index (χ0n) is 9.16. The average molecular weight is 240 g/mol. The molecule has 7 nitrogen and oxygen atoms in total. The monoisotopic (exact) mass is 240 g/mol. The van der Waals surface area contributed by atoms with Crippen molar-refractivity contribution in [2.45, 2.75) is 25.5 Å². The summed E-state index contributed by atoms with van der Waals surface area (Å²) < 4.78 is 4.79. The summed E-state index contributed by atoms with van der Waals surface area (Å²) in [6, 6.07) is -1.01. The Hall–Kier alpha value is -1.89. The van der Waals surface area contributed by atoms with E-state index in [2.05, 4.69) is 5.16 Å². The van der Waals surface area contributed by atoms with Gasteiger partial charge < -0.3 is 19.6 Å². The Morgan fingerprint density at radius 1 is 1.59 bits per heavy atom. The molecule has 7 heteroatoms. The number of rotatable bonds is 2. The largest absolute Gasteiger partial charge is 0.480 e. The van der Waals surface area contributed by atoms with Crippen molar-refractivity contribution in [1.82, 2.24) is 10.1 Å². The first-order chi connectivity index (χ1) is 8.00. The molecular weight excluding hydrogens is 228 g/mol. The van der Waals surface area contributed by atoms with Crippen LogP contribution < -0.4 is 0 Å². The Morgan fingerprint density at radius 2 is 2.29 bits per heavy atom.